The molecule has 1 aromatic rings. The molecule has 0 radical (unpaired) electrons. The SMILES string of the molecule is NC(CS(=O)(=O)c1ccc(Br)cc1)C(=O)O. The summed E-state index contributed by atoms with van der Waals surface area (Å²) < 4.78 is 24.1. The molecule has 88 valence electrons. The summed E-state index contributed by atoms with van der Waals surface area (Å²) in [6, 6.07) is 4.52. The summed E-state index contributed by atoms with van der Waals surface area (Å²) in [5.74, 6) is -1.94. The van der Waals surface area contributed by atoms with Crippen LogP contribution >= 0.6 is 15.9 Å². The van der Waals surface area contributed by atoms with Crippen molar-refractivity contribution in [2.75, 3.05) is 5.75 Å². The Labute approximate surface area is 101 Å². The molecule has 0 heterocycles. The Hall–Kier alpha value is -0.920. The third kappa shape index (κ3) is 3.29. The molecule has 5 nitrogen and oxygen atoms in total. The van der Waals surface area contributed by atoms with Gasteiger partial charge in [-0.2, -0.15) is 0 Å². The van der Waals surface area contributed by atoms with E-state index in [1.807, 2.05) is 0 Å². The van der Waals surface area contributed by atoms with Crippen LogP contribution in [0, 0.1) is 0 Å². The van der Waals surface area contributed by atoms with Gasteiger partial charge in [-0.1, -0.05) is 15.9 Å². The first-order valence-corrected chi connectivity index (χ1v) is 6.74. The molecule has 0 aliphatic heterocycles. The Morgan fingerprint density at radius 3 is 2.31 bits per heavy atom. The first kappa shape index (κ1) is 13.1. The topological polar surface area (TPSA) is 97.5 Å². The van der Waals surface area contributed by atoms with Gasteiger partial charge in [-0.15, -0.1) is 0 Å². The van der Waals surface area contributed by atoms with E-state index in [-0.39, 0.29) is 4.90 Å². The quantitative estimate of drug-likeness (QED) is 0.850. The number of hydrogen-bond acceptors (Lipinski definition) is 4. The molecule has 0 fully saturated rings. The van der Waals surface area contributed by atoms with Gasteiger partial charge in [0.1, 0.15) is 6.04 Å². The molecule has 0 saturated heterocycles. The lowest BCUT2D eigenvalue weighted by atomic mass is 10.4. The predicted octanol–water partition coefficient (Wildman–Crippen LogP) is 0.635. The Balaban J connectivity index is 2.94. The van der Waals surface area contributed by atoms with Crippen molar-refractivity contribution in [2.24, 2.45) is 5.73 Å². The highest BCUT2D eigenvalue weighted by Crippen LogP contribution is 2.16. The fourth-order valence-corrected chi connectivity index (χ4v) is 2.67. The average molecular weight is 308 g/mol. The van der Waals surface area contributed by atoms with Gasteiger partial charge in [-0.25, -0.2) is 8.42 Å². The maximum Gasteiger partial charge on any atom is 0.321 e. The third-order valence-electron chi connectivity index (χ3n) is 1.89. The Kier molecular flexibility index (Phi) is 4.06. The van der Waals surface area contributed by atoms with E-state index in [0.717, 1.165) is 4.47 Å². The van der Waals surface area contributed by atoms with Crippen LogP contribution in [0.3, 0.4) is 0 Å². The maximum absolute atomic E-state index is 11.7. The van der Waals surface area contributed by atoms with Gasteiger partial charge in [0.2, 0.25) is 0 Å². The van der Waals surface area contributed by atoms with Crippen molar-refractivity contribution in [1.29, 1.82) is 0 Å². The average Bonchev–Trinajstić information content (AvgIpc) is 2.17. The van der Waals surface area contributed by atoms with Crippen LogP contribution in [-0.2, 0) is 14.6 Å². The van der Waals surface area contributed by atoms with Crippen molar-refractivity contribution in [3.05, 3.63) is 28.7 Å². The minimum Gasteiger partial charge on any atom is -0.480 e. The molecule has 1 rings (SSSR count). The van der Waals surface area contributed by atoms with Crippen LogP contribution in [0.15, 0.2) is 33.6 Å². The highest BCUT2D eigenvalue weighted by atomic mass is 79.9. The second kappa shape index (κ2) is 4.94. The fraction of sp³-hybridized carbons (Fsp3) is 0.222. The largest absolute Gasteiger partial charge is 0.480 e. The highest BCUT2D eigenvalue weighted by Gasteiger charge is 2.23. The second-order valence-corrected chi connectivity index (χ2v) is 6.13. The van der Waals surface area contributed by atoms with Crippen molar-refractivity contribution in [3.63, 3.8) is 0 Å². The zero-order chi connectivity index (χ0) is 12.3. The van der Waals surface area contributed by atoms with Gasteiger partial charge in [-0.05, 0) is 24.3 Å². The Morgan fingerprint density at radius 1 is 1.38 bits per heavy atom. The molecule has 7 heteroatoms. The number of rotatable bonds is 4. The Bertz CT molecular complexity index is 483. The summed E-state index contributed by atoms with van der Waals surface area (Å²) in [6.45, 7) is 0. The van der Waals surface area contributed by atoms with Crippen molar-refractivity contribution >= 4 is 31.7 Å². The maximum atomic E-state index is 11.7. The van der Waals surface area contributed by atoms with Gasteiger partial charge in [0.25, 0.3) is 0 Å². The highest BCUT2D eigenvalue weighted by molar-refractivity contribution is 9.10. The van der Waals surface area contributed by atoms with E-state index in [0.29, 0.717) is 0 Å². The molecule has 0 amide bonds. The molecule has 1 unspecified atom stereocenters. The molecule has 1 atom stereocenters. The summed E-state index contributed by atoms with van der Waals surface area (Å²) in [4.78, 5) is 10.5. The van der Waals surface area contributed by atoms with E-state index in [1.54, 1.807) is 12.1 Å². The first-order valence-electron chi connectivity index (χ1n) is 4.29. The van der Waals surface area contributed by atoms with Crippen LogP contribution in [-0.4, -0.2) is 31.3 Å². The van der Waals surface area contributed by atoms with E-state index in [2.05, 4.69) is 15.9 Å². The third-order valence-corrected chi connectivity index (χ3v) is 4.21. The van der Waals surface area contributed by atoms with Crippen LogP contribution in [0.4, 0.5) is 0 Å². The molecule has 0 aliphatic carbocycles. The summed E-state index contributed by atoms with van der Waals surface area (Å²) in [5, 5.41) is 8.54. The van der Waals surface area contributed by atoms with E-state index in [1.165, 1.54) is 12.1 Å². The zero-order valence-corrected chi connectivity index (χ0v) is 10.5. The monoisotopic (exact) mass is 307 g/mol. The van der Waals surface area contributed by atoms with Gasteiger partial charge in [0.15, 0.2) is 9.84 Å². The molecule has 0 spiro atoms. The van der Waals surface area contributed by atoms with E-state index < -0.39 is 27.6 Å². The van der Waals surface area contributed by atoms with E-state index in [4.69, 9.17) is 10.8 Å². The van der Waals surface area contributed by atoms with E-state index in [9.17, 15) is 13.2 Å². The molecule has 16 heavy (non-hydrogen) atoms. The molecule has 0 aromatic heterocycles. The van der Waals surface area contributed by atoms with Gasteiger partial charge >= 0.3 is 5.97 Å². The number of nitrogens with two attached hydrogens (primary N) is 1. The van der Waals surface area contributed by atoms with Crippen molar-refractivity contribution in [2.45, 2.75) is 10.9 Å². The lowest BCUT2D eigenvalue weighted by Gasteiger charge is -2.07. The molecule has 3 N–H and O–H groups in total. The Morgan fingerprint density at radius 2 is 1.88 bits per heavy atom. The van der Waals surface area contributed by atoms with Crippen molar-refractivity contribution in [1.82, 2.24) is 0 Å². The van der Waals surface area contributed by atoms with Gasteiger partial charge in [-0.3, -0.25) is 4.79 Å². The van der Waals surface area contributed by atoms with Crippen LogP contribution in [0.25, 0.3) is 0 Å². The number of sulfone groups is 1. The number of aliphatic carboxylic acids is 1. The van der Waals surface area contributed by atoms with Gasteiger partial charge in [0.05, 0.1) is 10.6 Å². The number of carbonyl (C=O) groups is 1. The zero-order valence-electron chi connectivity index (χ0n) is 8.13. The van der Waals surface area contributed by atoms with Crippen LogP contribution in [0.2, 0.25) is 0 Å². The number of benzene rings is 1. The standard InChI is InChI=1S/C9H10BrNO4S/c10-6-1-3-7(4-2-6)16(14,15)5-8(11)9(12)13/h1-4,8H,5,11H2,(H,12,13). The molecular weight excluding hydrogens is 298 g/mol. The molecule has 0 aliphatic rings. The normalized spacial score (nSPS) is 13.4. The molecular formula is C9H10BrNO4S. The lowest BCUT2D eigenvalue weighted by molar-refractivity contribution is -0.137. The van der Waals surface area contributed by atoms with Crippen molar-refractivity contribution in [3.8, 4) is 0 Å². The minimum absolute atomic E-state index is 0.0624. The summed E-state index contributed by atoms with van der Waals surface area (Å²) in [7, 11) is -3.65. The first-order chi connectivity index (χ1) is 7.33. The molecule has 0 bridgehead atoms. The summed E-state index contributed by atoms with van der Waals surface area (Å²) in [5.41, 5.74) is 5.18. The smallest absolute Gasteiger partial charge is 0.321 e. The number of halogens is 1. The fourth-order valence-electron chi connectivity index (χ4n) is 1.05. The summed E-state index contributed by atoms with van der Waals surface area (Å²) >= 11 is 3.17. The van der Waals surface area contributed by atoms with Gasteiger partial charge in [0, 0.05) is 4.47 Å². The molecule has 1 aromatic carbocycles. The predicted molar refractivity (Wildman–Crippen MR) is 61.8 cm³/mol. The molecule has 0 saturated carbocycles. The summed E-state index contributed by atoms with van der Waals surface area (Å²) in [6.07, 6.45) is 0. The van der Waals surface area contributed by atoms with Gasteiger partial charge < -0.3 is 10.8 Å². The van der Waals surface area contributed by atoms with Crippen molar-refractivity contribution < 1.29 is 18.3 Å². The number of carboxylic acid groups (broad SMARTS) is 1. The number of hydrogen-bond donors (Lipinski definition) is 2. The number of carboxylic acids is 1. The second-order valence-electron chi connectivity index (χ2n) is 3.18. The van der Waals surface area contributed by atoms with Crippen LogP contribution in [0.1, 0.15) is 0 Å². The van der Waals surface area contributed by atoms with E-state index >= 15 is 0 Å². The van der Waals surface area contributed by atoms with Crippen LogP contribution < -0.4 is 5.73 Å². The minimum atomic E-state index is -3.65. The lowest BCUT2D eigenvalue weighted by Crippen LogP contribution is -2.37. The van der Waals surface area contributed by atoms with Crippen LogP contribution in [0.5, 0.6) is 0 Å².